The molecule has 2 N–H and O–H groups in total. The van der Waals surface area contributed by atoms with Crippen molar-refractivity contribution in [3.8, 4) is 0 Å². The zero-order valence-electron chi connectivity index (χ0n) is 13.5. The van der Waals surface area contributed by atoms with E-state index < -0.39 is 0 Å². The van der Waals surface area contributed by atoms with Crippen molar-refractivity contribution in [2.75, 3.05) is 13.1 Å². The number of nitrogens with zero attached hydrogens (tertiary/aromatic N) is 1. The molecule has 0 saturated carbocycles. The third-order valence-electron chi connectivity index (χ3n) is 2.60. The van der Waals surface area contributed by atoms with Crippen molar-refractivity contribution in [1.82, 2.24) is 10.6 Å². The largest absolute Gasteiger partial charge is 0.463 e. The number of aliphatic imine (C=N–C) groups is 1. The fourth-order valence-corrected chi connectivity index (χ4v) is 1.70. The van der Waals surface area contributed by atoms with Crippen molar-refractivity contribution in [2.45, 2.75) is 39.8 Å². The van der Waals surface area contributed by atoms with Gasteiger partial charge in [-0.15, -0.1) is 24.0 Å². The van der Waals surface area contributed by atoms with Crippen LogP contribution in [0.3, 0.4) is 0 Å². The van der Waals surface area contributed by atoms with Gasteiger partial charge in [0.2, 0.25) is 0 Å². The highest BCUT2D eigenvalue weighted by atomic mass is 127. The van der Waals surface area contributed by atoms with Gasteiger partial charge in [-0.1, -0.05) is 30.3 Å². The van der Waals surface area contributed by atoms with E-state index in [2.05, 4.69) is 15.6 Å². The highest BCUT2D eigenvalue weighted by Crippen LogP contribution is 1.99. The van der Waals surface area contributed by atoms with Crippen molar-refractivity contribution in [1.29, 1.82) is 0 Å². The van der Waals surface area contributed by atoms with Crippen LogP contribution in [0.2, 0.25) is 0 Å². The summed E-state index contributed by atoms with van der Waals surface area (Å²) in [4.78, 5) is 15.9. The lowest BCUT2D eigenvalue weighted by atomic mass is 10.2. The molecule has 1 aromatic carbocycles. The Labute approximate surface area is 149 Å². The van der Waals surface area contributed by atoms with Gasteiger partial charge in [-0.3, -0.25) is 4.79 Å². The minimum Gasteiger partial charge on any atom is -0.463 e. The van der Waals surface area contributed by atoms with Gasteiger partial charge in [0.05, 0.1) is 19.1 Å². The Morgan fingerprint density at radius 3 is 2.50 bits per heavy atom. The first-order chi connectivity index (χ1) is 10.1. The average Bonchev–Trinajstić information content (AvgIpc) is 2.45. The van der Waals surface area contributed by atoms with Crippen molar-refractivity contribution < 1.29 is 9.53 Å². The summed E-state index contributed by atoms with van der Waals surface area (Å²) in [7, 11) is 0. The molecule has 0 radical (unpaired) electrons. The number of esters is 1. The van der Waals surface area contributed by atoms with E-state index in [1.165, 1.54) is 0 Å². The predicted octanol–water partition coefficient (Wildman–Crippen LogP) is 2.70. The van der Waals surface area contributed by atoms with E-state index in [-0.39, 0.29) is 36.0 Å². The van der Waals surface area contributed by atoms with Crippen LogP contribution in [0.1, 0.15) is 32.8 Å². The molecule has 0 heterocycles. The maximum Gasteiger partial charge on any atom is 0.307 e. The van der Waals surface area contributed by atoms with E-state index in [1.54, 1.807) is 0 Å². The third-order valence-corrected chi connectivity index (χ3v) is 2.60. The van der Waals surface area contributed by atoms with Crippen LogP contribution in [0.25, 0.3) is 0 Å². The van der Waals surface area contributed by atoms with Crippen LogP contribution < -0.4 is 10.6 Å². The summed E-state index contributed by atoms with van der Waals surface area (Å²) in [6.07, 6.45) is 0.256. The first kappa shape index (κ1) is 20.7. The van der Waals surface area contributed by atoms with Crippen LogP contribution in [0.4, 0.5) is 0 Å². The number of carbonyl (C=O) groups excluding carboxylic acids is 1. The Hall–Kier alpha value is -1.31. The first-order valence-electron chi connectivity index (χ1n) is 7.37. The van der Waals surface area contributed by atoms with E-state index in [4.69, 9.17) is 4.74 Å². The van der Waals surface area contributed by atoms with Crippen LogP contribution in [0, 0.1) is 0 Å². The molecule has 0 bridgehead atoms. The van der Waals surface area contributed by atoms with Crippen molar-refractivity contribution in [2.24, 2.45) is 4.99 Å². The zero-order valence-corrected chi connectivity index (χ0v) is 15.8. The summed E-state index contributed by atoms with van der Waals surface area (Å²) in [6, 6.07) is 10.0. The van der Waals surface area contributed by atoms with Crippen LogP contribution >= 0.6 is 24.0 Å². The minimum atomic E-state index is -0.198. The van der Waals surface area contributed by atoms with Crippen LogP contribution in [-0.4, -0.2) is 31.1 Å². The van der Waals surface area contributed by atoms with E-state index in [0.717, 1.165) is 12.1 Å². The molecule has 0 amide bonds. The smallest absolute Gasteiger partial charge is 0.307 e. The maximum atomic E-state index is 11.4. The van der Waals surface area contributed by atoms with Crippen LogP contribution in [0.15, 0.2) is 35.3 Å². The number of guanidine groups is 1. The molecule has 22 heavy (non-hydrogen) atoms. The van der Waals surface area contributed by atoms with Crippen LogP contribution in [0.5, 0.6) is 0 Å². The van der Waals surface area contributed by atoms with Gasteiger partial charge in [-0.05, 0) is 26.3 Å². The number of rotatable bonds is 7. The molecule has 1 aromatic rings. The topological polar surface area (TPSA) is 62.7 Å². The van der Waals surface area contributed by atoms with E-state index in [1.807, 2.05) is 51.1 Å². The predicted molar refractivity (Wildman–Crippen MR) is 101 cm³/mol. The van der Waals surface area contributed by atoms with Gasteiger partial charge in [-0.2, -0.15) is 0 Å². The van der Waals surface area contributed by atoms with E-state index >= 15 is 0 Å². The lowest BCUT2D eigenvalue weighted by Crippen LogP contribution is -2.38. The average molecular weight is 419 g/mol. The monoisotopic (exact) mass is 419 g/mol. The van der Waals surface area contributed by atoms with Gasteiger partial charge in [0, 0.05) is 13.1 Å². The lowest BCUT2D eigenvalue weighted by molar-refractivity contribution is -0.147. The van der Waals surface area contributed by atoms with Gasteiger partial charge in [-0.25, -0.2) is 4.99 Å². The Balaban J connectivity index is 0.00000441. The van der Waals surface area contributed by atoms with E-state index in [9.17, 15) is 4.79 Å². The standard InChI is InChI=1S/C16H25N3O2.HI/c1-4-17-16(18-11-10-15(20)21-13(2)3)19-12-14-8-6-5-7-9-14;/h5-9,13H,4,10-12H2,1-3H3,(H2,17,18,19);1H. The number of nitrogens with one attached hydrogen (secondary N) is 2. The number of ether oxygens (including phenoxy) is 1. The molecular weight excluding hydrogens is 393 g/mol. The number of carbonyl (C=O) groups is 1. The van der Waals surface area contributed by atoms with Crippen molar-refractivity contribution in [3.05, 3.63) is 35.9 Å². The van der Waals surface area contributed by atoms with Gasteiger partial charge >= 0.3 is 5.97 Å². The van der Waals surface area contributed by atoms with Gasteiger partial charge in [0.15, 0.2) is 5.96 Å². The van der Waals surface area contributed by atoms with Crippen molar-refractivity contribution >= 4 is 35.9 Å². The fraction of sp³-hybridized carbons (Fsp3) is 0.500. The zero-order chi connectivity index (χ0) is 15.5. The molecular formula is C16H26IN3O2. The molecule has 0 aliphatic rings. The third kappa shape index (κ3) is 9.59. The SMILES string of the molecule is CCNC(=NCc1ccccc1)NCCC(=O)OC(C)C.I. The summed E-state index contributed by atoms with van der Waals surface area (Å²) in [5.74, 6) is 0.509. The molecule has 124 valence electrons. The maximum absolute atomic E-state index is 11.4. The summed E-state index contributed by atoms with van der Waals surface area (Å²) in [5, 5.41) is 6.29. The number of hydrogen-bond donors (Lipinski definition) is 2. The molecule has 0 atom stereocenters. The second-order valence-corrected chi connectivity index (χ2v) is 4.90. The van der Waals surface area contributed by atoms with Gasteiger partial charge in [0.25, 0.3) is 0 Å². The summed E-state index contributed by atoms with van der Waals surface area (Å²) in [6.45, 7) is 7.58. The molecule has 0 spiro atoms. The summed E-state index contributed by atoms with van der Waals surface area (Å²) >= 11 is 0. The Bertz CT molecular complexity index is 450. The molecule has 0 aliphatic heterocycles. The quantitative estimate of drug-likeness (QED) is 0.309. The molecule has 0 aromatic heterocycles. The molecule has 6 heteroatoms. The molecule has 0 aliphatic carbocycles. The summed E-state index contributed by atoms with van der Waals surface area (Å²) in [5.41, 5.74) is 1.15. The number of hydrogen-bond acceptors (Lipinski definition) is 3. The second-order valence-electron chi connectivity index (χ2n) is 4.90. The van der Waals surface area contributed by atoms with Gasteiger partial charge in [0.1, 0.15) is 0 Å². The molecule has 0 saturated heterocycles. The minimum absolute atomic E-state index is 0. The van der Waals surface area contributed by atoms with Crippen LogP contribution in [-0.2, 0) is 16.1 Å². The normalized spacial score (nSPS) is 10.8. The molecule has 1 rings (SSSR count). The molecule has 0 fully saturated rings. The first-order valence-corrected chi connectivity index (χ1v) is 7.37. The fourth-order valence-electron chi connectivity index (χ4n) is 1.70. The highest BCUT2D eigenvalue weighted by Gasteiger charge is 2.05. The highest BCUT2D eigenvalue weighted by molar-refractivity contribution is 14.0. The van der Waals surface area contributed by atoms with E-state index in [0.29, 0.717) is 25.5 Å². The Kier molecular flexibility index (Phi) is 11.5. The van der Waals surface area contributed by atoms with Crippen molar-refractivity contribution in [3.63, 3.8) is 0 Å². The Morgan fingerprint density at radius 2 is 1.91 bits per heavy atom. The molecule has 5 nitrogen and oxygen atoms in total. The van der Waals surface area contributed by atoms with Gasteiger partial charge < -0.3 is 15.4 Å². The lowest BCUT2D eigenvalue weighted by Gasteiger charge is -2.12. The summed E-state index contributed by atoms with van der Waals surface area (Å²) < 4.78 is 5.08. The number of benzene rings is 1. The second kappa shape index (κ2) is 12.3. The number of halogens is 1. The Morgan fingerprint density at radius 1 is 1.23 bits per heavy atom. The molecule has 0 unspecified atom stereocenters.